The van der Waals surface area contributed by atoms with Crippen LogP contribution in [0.15, 0.2) is 30.3 Å². The first-order chi connectivity index (χ1) is 11.8. The smallest absolute Gasteiger partial charge is 0.363 e. The van der Waals surface area contributed by atoms with E-state index in [0.717, 1.165) is 30.0 Å². The van der Waals surface area contributed by atoms with Crippen molar-refractivity contribution in [1.29, 1.82) is 0 Å². The number of rotatable bonds is 3. The summed E-state index contributed by atoms with van der Waals surface area (Å²) in [4.78, 5) is 11.7. The minimum atomic E-state index is -4.50. The van der Waals surface area contributed by atoms with E-state index in [4.69, 9.17) is 0 Å². The van der Waals surface area contributed by atoms with Crippen molar-refractivity contribution in [3.63, 3.8) is 0 Å². The van der Waals surface area contributed by atoms with Crippen LogP contribution < -0.4 is 9.80 Å². The maximum absolute atomic E-state index is 13.2. The first kappa shape index (κ1) is 17.5. The molecule has 0 radical (unpaired) electrons. The van der Waals surface area contributed by atoms with E-state index < -0.39 is 11.9 Å². The molecule has 0 bridgehead atoms. The van der Waals surface area contributed by atoms with Crippen molar-refractivity contribution in [2.45, 2.75) is 32.0 Å². The van der Waals surface area contributed by atoms with Crippen LogP contribution in [0.4, 0.5) is 24.9 Å². The standard InChI is InChI=1S/C18H21F3N4/c1-12-6-4-7-13(10-12)14-8-5-9-25(14)17-22-15(18(19,20)21)11-16(23-17)24(2)3/h4,6-7,10-11,14H,5,8-9H2,1-3H3/t14-/m1/s1. The zero-order valence-electron chi connectivity index (χ0n) is 14.5. The second kappa shape index (κ2) is 6.54. The van der Waals surface area contributed by atoms with E-state index in [2.05, 4.69) is 16.0 Å². The third-order valence-corrected chi connectivity index (χ3v) is 4.39. The van der Waals surface area contributed by atoms with Crippen LogP contribution in [-0.2, 0) is 6.18 Å². The SMILES string of the molecule is Cc1cccc([C@H]2CCCN2c2nc(N(C)C)cc(C(F)(F)F)n2)c1. The summed E-state index contributed by atoms with van der Waals surface area (Å²) < 4.78 is 39.7. The number of hydrogen-bond donors (Lipinski definition) is 0. The second-order valence-electron chi connectivity index (χ2n) is 6.57. The van der Waals surface area contributed by atoms with Crippen molar-refractivity contribution in [3.05, 3.63) is 47.2 Å². The number of alkyl halides is 3. The van der Waals surface area contributed by atoms with Crippen LogP contribution in [0.1, 0.15) is 35.7 Å². The Kier molecular flexibility index (Phi) is 4.58. The van der Waals surface area contributed by atoms with Crippen molar-refractivity contribution in [3.8, 4) is 0 Å². The average molecular weight is 350 g/mol. The molecule has 0 aliphatic carbocycles. The van der Waals surface area contributed by atoms with Crippen LogP contribution in [0.5, 0.6) is 0 Å². The molecule has 0 N–H and O–H groups in total. The Morgan fingerprint density at radius 2 is 1.92 bits per heavy atom. The normalized spacial score (nSPS) is 17.8. The van der Waals surface area contributed by atoms with Gasteiger partial charge in [-0.25, -0.2) is 4.98 Å². The molecular weight excluding hydrogens is 329 g/mol. The van der Waals surface area contributed by atoms with Gasteiger partial charge in [0, 0.05) is 26.7 Å². The van der Waals surface area contributed by atoms with Gasteiger partial charge in [-0.2, -0.15) is 18.2 Å². The van der Waals surface area contributed by atoms with E-state index in [9.17, 15) is 13.2 Å². The highest BCUT2D eigenvalue weighted by molar-refractivity contribution is 5.48. The van der Waals surface area contributed by atoms with E-state index in [1.807, 2.05) is 30.0 Å². The Bertz CT molecular complexity index is 758. The zero-order valence-corrected chi connectivity index (χ0v) is 14.5. The monoisotopic (exact) mass is 350 g/mol. The van der Waals surface area contributed by atoms with Crippen molar-refractivity contribution in [2.24, 2.45) is 0 Å². The average Bonchev–Trinajstić information content (AvgIpc) is 3.03. The summed E-state index contributed by atoms with van der Waals surface area (Å²) in [5.41, 5.74) is 1.31. The molecule has 1 aromatic heterocycles. The van der Waals surface area contributed by atoms with E-state index >= 15 is 0 Å². The fraction of sp³-hybridized carbons (Fsp3) is 0.444. The van der Waals surface area contributed by atoms with Gasteiger partial charge in [0.05, 0.1) is 6.04 Å². The number of benzene rings is 1. The maximum atomic E-state index is 13.2. The van der Waals surface area contributed by atoms with Crippen LogP contribution in [-0.4, -0.2) is 30.6 Å². The van der Waals surface area contributed by atoms with Gasteiger partial charge in [0.15, 0.2) is 5.69 Å². The van der Waals surface area contributed by atoms with Gasteiger partial charge in [-0.3, -0.25) is 0 Å². The molecule has 4 nitrogen and oxygen atoms in total. The number of aryl methyl sites for hydroxylation is 1. The fourth-order valence-electron chi connectivity index (χ4n) is 3.15. The number of anilines is 2. The quantitative estimate of drug-likeness (QED) is 0.830. The van der Waals surface area contributed by atoms with E-state index in [1.165, 1.54) is 0 Å². The lowest BCUT2D eigenvalue weighted by molar-refractivity contribution is -0.141. The lowest BCUT2D eigenvalue weighted by atomic mass is 10.0. The Morgan fingerprint density at radius 3 is 2.56 bits per heavy atom. The van der Waals surface area contributed by atoms with Crippen LogP contribution in [0.2, 0.25) is 0 Å². The molecule has 1 aliphatic heterocycles. The third kappa shape index (κ3) is 3.70. The van der Waals surface area contributed by atoms with Gasteiger partial charge in [-0.15, -0.1) is 0 Å². The molecule has 1 aliphatic rings. The molecule has 134 valence electrons. The van der Waals surface area contributed by atoms with Crippen molar-refractivity contribution < 1.29 is 13.2 Å². The summed E-state index contributed by atoms with van der Waals surface area (Å²) in [5, 5.41) is 0. The Hall–Kier alpha value is -2.31. The number of hydrogen-bond acceptors (Lipinski definition) is 4. The second-order valence-corrected chi connectivity index (χ2v) is 6.57. The molecule has 25 heavy (non-hydrogen) atoms. The molecule has 7 heteroatoms. The van der Waals surface area contributed by atoms with Gasteiger partial charge in [-0.1, -0.05) is 29.8 Å². The maximum Gasteiger partial charge on any atom is 0.433 e. The van der Waals surface area contributed by atoms with Gasteiger partial charge in [0.25, 0.3) is 0 Å². The van der Waals surface area contributed by atoms with E-state index in [0.29, 0.717) is 6.54 Å². The molecule has 3 rings (SSSR count). The summed E-state index contributed by atoms with van der Waals surface area (Å²) in [6.07, 6.45) is -2.73. The van der Waals surface area contributed by atoms with Gasteiger partial charge < -0.3 is 9.80 Å². The zero-order chi connectivity index (χ0) is 18.2. The van der Waals surface area contributed by atoms with E-state index in [-0.39, 0.29) is 17.8 Å². The summed E-state index contributed by atoms with van der Waals surface area (Å²) in [6, 6.07) is 9.05. The number of aromatic nitrogens is 2. The van der Waals surface area contributed by atoms with Gasteiger partial charge in [0.2, 0.25) is 5.95 Å². The Morgan fingerprint density at radius 1 is 1.16 bits per heavy atom. The van der Waals surface area contributed by atoms with Crippen LogP contribution in [0, 0.1) is 6.92 Å². The summed E-state index contributed by atoms with van der Waals surface area (Å²) in [7, 11) is 3.35. The highest BCUT2D eigenvalue weighted by Gasteiger charge is 2.36. The minimum Gasteiger partial charge on any atom is -0.363 e. The van der Waals surface area contributed by atoms with Crippen molar-refractivity contribution in [1.82, 2.24) is 9.97 Å². The summed E-state index contributed by atoms with van der Waals surface area (Å²) >= 11 is 0. The lowest BCUT2D eigenvalue weighted by Gasteiger charge is -2.27. The molecule has 1 aromatic carbocycles. The van der Waals surface area contributed by atoms with E-state index in [1.54, 1.807) is 19.0 Å². The predicted octanol–water partition coefficient (Wildman–Crippen LogP) is 4.21. The molecule has 2 heterocycles. The van der Waals surface area contributed by atoms with Crippen molar-refractivity contribution >= 4 is 11.8 Å². The molecule has 0 spiro atoms. The summed E-state index contributed by atoms with van der Waals surface area (Å²) in [6.45, 7) is 2.65. The Labute approximate surface area is 145 Å². The third-order valence-electron chi connectivity index (χ3n) is 4.39. The first-order valence-electron chi connectivity index (χ1n) is 8.22. The molecule has 0 amide bonds. The molecule has 1 saturated heterocycles. The molecule has 1 fully saturated rings. The molecule has 1 atom stereocenters. The molecule has 2 aromatic rings. The van der Waals surface area contributed by atoms with Crippen LogP contribution >= 0.6 is 0 Å². The van der Waals surface area contributed by atoms with Crippen molar-refractivity contribution in [2.75, 3.05) is 30.4 Å². The molecular formula is C18H21F3N4. The highest BCUT2D eigenvalue weighted by atomic mass is 19.4. The summed E-state index contributed by atoms with van der Waals surface area (Å²) in [5.74, 6) is 0.398. The van der Waals surface area contributed by atoms with Gasteiger partial charge in [0.1, 0.15) is 5.82 Å². The van der Waals surface area contributed by atoms with Gasteiger partial charge >= 0.3 is 6.18 Å². The van der Waals surface area contributed by atoms with Gasteiger partial charge in [-0.05, 0) is 25.3 Å². The topological polar surface area (TPSA) is 32.3 Å². The largest absolute Gasteiger partial charge is 0.433 e. The number of halogens is 3. The lowest BCUT2D eigenvalue weighted by Crippen LogP contribution is -2.27. The minimum absolute atomic E-state index is 0.00149. The van der Waals surface area contributed by atoms with Crippen LogP contribution in [0.3, 0.4) is 0 Å². The molecule has 0 unspecified atom stereocenters. The fourth-order valence-corrected chi connectivity index (χ4v) is 3.15. The predicted molar refractivity (Wildman–Crippen MR) is 91.9 cm³/mol. The first-order valence-corrected chi connectivity index (χ1v) is 8.22. The highest BCUT2D eigenvalue weighted by Crippen LogP contribution is 2.37. The van der Waals surface area contributed by atoms with Crippen LogP contribution in [0.25, 0.3) is 0 Å². The number of nitrogens with zero attached hydrogens (tertiary/aromatic N) is 4. The molecule has 0 saturated carbocycles. The Balaban J connectivity index is 2.03.